The molecule has 0 saturated carbocycles. The van der Waals surface area contributed by atoms with E-state index in [4.69, 9.17) is 16.3 Å². The summed E-state index contributed by atoms with van der Waals surface area (Å²) in [6, 6.07) is 29.9. The largest absolute Gasteiger partial charge is 0.457 e. The summed E-state index contributed by atoms with van der Waals surface area (Å²) < 4.78 is 19.0. The van der Waals surface area contributed by atoms with Crippen molar-refractivity contribution in [2.24, 2.45) is 5.10 Å². The van der Waals surface area contributed by atoms with E-state index >= 15 is 0 Å². The number of nitrogens with one attached hydrogen (secondary N) is 1. The van der Waals surface area contributed by atoms with E-state index in [0.717, 1.165) is 16.8 Å². The number of ether oxygens (including phenoxy) is 1. The van der Waals surface area contributed by atoms with Crippen LogP contribution in [0.5, 0.6) is 11.5 Å². The maximum atomic E-state index is 13.4. The second-order valence-electron chi connectivity index (χ2n) is 8.05. The highest BCUT2D eigenvalue weighted by molar-refractivity contribution is 6.30. The van der Waals surface area contributed by atoms with Crippen molar-refractivity contribution in [1.82, 2.24) is 5.01 Å². The molecule has 0 radical (unpaired) electrons. The van der Waals surface area contributed by atoms with Crippen LogP contribution in [0.15, 0.2) is 108 Å². The number of hydrazone groups is 1. The minimum Gasteiger partial charge on any atom is -0.457 e. The zero-order valence-electron chi connectivity index (χ0n) is 18.6. The molecule has 0 saturated heterocycles. The number of benzene rings is 4. The molecular weight excluding hydrogens is 465 g/mol. The Bertz CT molecular complexity index is 1360. The highest BCUT2D eigenvalue weighted by atomic mass is 35.5. The first-order valence-corrected chi connectivity index (χ1v) is 11.4. The molecule has 1 aliphatic rings. The number of hydrogen-bond acceptors (Lipinski definition) is 3. The Morgan fingerprint density at radius 3 is 2.37 bits per heavy atom. The van der Waals surface area contributed by atoms with Crippen LogP contribution < -0.4 is 10.1 Å². The third kappa shape index (κ3) is 5.34. The van der Waals surface area contributed by atoms with Crippen molar-refractivity contribution in [3.8, 4) is 11.5 Å². The minimum absolute atomic E-state index is 0.0647. The second kappa shape index (κ2) is 9.99. The van der Waals surface area contributed by atoms with Crippen LogP contribution >= 0.6 is 11.6 Å². The van der Waals surface area contributed by atoms with E-state index in [0.29, 0.717) is 28.8 Å². The monoisotopic (exact) mass is 485 g/mol. The summed E-state index contributed by atoms with van der Waals surface area (Å²) in [4.78, 5) is 13.0. The molecule has 5 rings (SSSR count). The second-order valence-corrected chi connectivity index (χ2v) is 8.49. The van der Waals surface area contributed by atoms with Crippen molar-refractivity contribution in [3.63, 3.8) is 0 Å². The van der Waals surface area contributed by atoms with E-state index in [1.54, 1.807) is 36.4 Å². The number of hydrogen-bond donors (Lipinski definition) is 1. The van der Waals surface area contributed by atoms with Gasteiger partial charge < -0.3 is 10.1 Å². The van der Waals surface area contributed by atoms with Crippen LogP contribution in [0.1, 0.15) is 17.0 Å². The number of anilines is 1. The van der Waals surface area contributed by atoms with E-state index in [-0.39, 0.29) is 17.8 Å². The molecule has 0 fully saturated rings. The summed E-state index contributed by atoms with van der Waals surface area (Å²) in [6.07, 6.45) is 0. The molecule has 1 aliphatic heterocycles. The predicted molar refractivity (Wildman–Crippen MR) is 136 cm³/mol. The van der Waals surface area contributed by atoms with Crippen LogP contribution in [0, 0.1) is 5.82 Å². The van der Waals surface area contributed by atoms with Gasteiger partial charge in [0.1, 0.15) is 17.3 Å². The third-order valence-electron chi connectivity index (χ3n) is 5.63. The molecule has 5 nitrogen and oxygen atoms in total. The molecule has 174 valence electrons. The highest BCUT2D eigenvalue weighted by Gasteiger charge is 2.32. The van der Waals surface area contributed by atoms with E-state index in [1.807, 2.05) is 54.6 Å². The fraction of sp³-hybridized carbons (Fsp3) is 0.0714. The van der Waals surface area contributed by atoms with Gasteiger partial charge in [0.25, 0.3) is 0 Å². The lowest BCUT2D eigenvalue weighted by molar-refractivity contribution is 0.218. The van der Waals surface area contributed by atoms with Gasteiger partial charge in [0.2, 0.25) is 0 Å². The molecule has 35 heavy (non-hydrogen) atoms. The Labute approximate surface area is 207 Å². The van der Waals surface area contributed by atoms with Gasteiger partial charge in [0, 0.05) is 22.7 Å². The molecule has 1 atom stereocenters. The lowest BCUT2D eigenvalue weighted by Crippen LogP contribution is -2.30. The Balaban J connectivity index is 1.32. The molecule has 4 aromatic carbocycles. The van der Waals surface area contributed by atoms with E-state index < -0.39 is 0 Å². The van der Waals surface area contributed by atoms with Crippen molar-refractivity contribution in [2.45, 2.75) is 5.92 Å². The molecule has 4 aromatic rings. The average Bonchev–Trinajstić information content (AvgIpc) is 3.32. The first kappa shape index (κ1) is 22.6. The summed E-state index contributed by atoms with van der Waals surface area (Å²) in [7, 11) is 0. The molecule has 1 unspecified atom stereocenters. The van der Waals surface area contributed by atoms with E-state index in [9.17, 15) is 9.18 Å². The topological polar surface area (TPSA) is 53.9 Å². The molecule has 0 bridgehead atoms. The van der Waals surface area contributed by atoms with Crippen molar-refractivity contribution < 1.29 is 13.9 Å². The van der Waals surface area contributed by atoms with Crippen LogP contribution in [0.3, 0.4) is 0 Å². The van der Waals surface area contributed by atoms with E-state index in [1.165, 1.54) is 17.1 Å². The third-order valence-corrected chi connectivity index (χ3v) is 5.88. The maximum Gasteiger partial charge on any atom is 0.342 e. The van der Waals surface area contributed by atoms with Gasteiger partial charge in [0.05, 0.1) is 12.3 Å². The van der Waals surface area contributed by atoms with Gasteiger partial charge in [-0.05, 0) is 59.7 Å². The fourth-order valence-corrected chi connectivity index (χ4v) is 4.04. The summed E-state index contributed by atoms with van der Waals surface area (Å²) in [5.41, 5.74) is 3.39. The van der Waals surface area contributed by atoms with Crippen LogP contribution in [0.25, 0.3) is 0 Å². The molecular formula is C28H21ClFN3O2. The zero-order valence-corrected chi connectivity index (χ0v) is 19.3. The standard InChI is InChI=1S/C28H21ClFN3O2/c29-21-11-9-20(10-12-21)27-26(19-5-2-1-3-6-19)18-33(32-27)28(34)31-23-13-15-24(16-14-23)35-25-8-4-7-22(30)17-25/h1-17,26H,18H2,(H,31,34). The Hall–Kier alpha value is -4.16. The molecule has 1 heterocycles. The Kier molecular flexibility index (Phi) is 6.46. The van der Waals surface area contributed by atoms with Crippen LogP contribution in [-0.2, 0) is 0 Å². The first-order chi connectivity index (χ1) is 17.0. The molecule has 0 aliphatic carbocycles. The number of amides is 2. The lowest BCUT2D eigenvalue weighted by Gasteiger charge is -2.16. The number of urea groups is 1. The van der Waals surface area contributed by atoms with Crippen LogP contribution in [0.2, 0.25) is 5.02 Å². The average molecular weight is 486 g/mol. The normalized spacial score (nSPS) is 15.0. The van der Waals surface area contributed by atoms with Gasteiger partial charge in [-0.25, -0.2) is 14.2 Å². The fourth-order valence-electron chi connectivity index (χ4n) is 3.92. The highest BCUT2D eigenvalue weighted by Crippen LogP contribution is 2.30. The van der Waals surface area contributed by atoms with Crippen molar-refractivity contribution in [1.29, 1.82) is 0 Å². The van der Waals surface area contributed by atoms with Gasteiger partial charge >= 0.3 is 6.03 Å². The smallest absolute Gasteiger partial charge is 0.342 e. The number of nitrogens with zero attached hydrogens (tertiary/aromatic N) is 2. The van der Waals surface area contributed by atoms with Crippen molar-refractivity contribution >= 4 is 29.0 Å². The summed E-state index contributed by atoms with van der Waals surface area (Å²) in [5, 5.41) is 9.62. The van der Waals surface area contributed by atoms with Gasteiger partial charge in [0.15, 0.2) is 0 Å². The molecule has 0 aromatic heterocycles. The summed E-state index contributed by atoms with van der Waals surface area (Å²) in [5.74, 6) is 0.492. The predicted octanol–water partition coefficient (Wildman–Crippen LogP) is 7.31. The maximum absolute atomic E-state index is 13.4. The van der Waals surface area contributed by atoms with Gasteiger partial charge in [-0.1, -0.05) is 60.1 Å². The number of carbonyl (C=O) groups is 1. The molecule has 0 spiro atoms. The van der Waals surface area contributed by atoms with Gasteiger partial charge in [-0.2, -0.15) is 5.10 Å². The summed E-state index contributed by atoms with van der Waals surface area (Å²) >= 11 is 6.06. The van der Waals surface area contributed by atoms with Crippen LogP contribution in [0.4, 0.5) is 14.9 Å². The minimum atomic E-state index is -0.371. The number of rotatable bonds is 5. The molecule has 1 N–H and O–H groups in total. The Morgan fingerprint density at radius 1 is 0.914 bits per heavy atom. The van der Waals surface area contributed by atoms with Crippen molar-refractivity contribution in [3.05, 3.63) is 125 Å². The lowest BCUT2D eigenvalue weighted by atomic mass is 9.91. The first-order valence-electron chi connectivity index (χ1n) is 11.1. The Morgan fingerprint density at radius 2 is 1.66 bits per heavy atom. The van der Waals surface area contributed by atoms with Gasteiger partial charge in [-0.3, -0.25) is 0 Å². The van der Waals surface area contributed by atoms with Crippen LogP contribution in [-0.4, -0.2) is 23.3 Å². The zero-order chi connectivity index (χ0) is 24.2. The SMILES string of the molecule is O=C(Nc1ccc(Oc2cccc(F)c2)cc1)N1CC(c2ccccc2)C(c2ccc(Cl)cc2)=N1. The number of halogens is 2. The molecule has 7 heteroatoms. The van der Waals surface area contributed by atoms with Gasteiger partial charge in [-0.15, -0.1) is 0 Å². The van der Waals surface area contributed by atoms with E-state index in [2.05, 4.69) is 10.4 Å². The quantitative estimate of drug-likeness (QED) is 0.322. The molecule has 2 amide bonds. The number of carbonyl (C=O) groups excluding carboxylic acids is 1. The summed E-state index contributed by atoms with van der Waals surface area (Å²) in [6.45, 7) is 0.411. The van der Waals surface area contributed by atoms with Crippen molar-refractivity contribution in [2.75, 3.05) is 11.9 Å².